The number of imidazole rings is 1. The van der Waals surface area contributed by atoms with Crippen LogP contribution in [-0.4, -0.2) is 97.4 Å². The molecule has 1 aliphatic rings. The molecule has 5 aromatic rings. The largest absolute Gasteiger partial charge is 0.497 e. The Hall–Kier alpha value is -4.86. The standard InChI is InChI=1S/C40H50N6O7Si/c1-39(2,3)54(8,9)53-34-33(47)31(52-37(34)46-25-41-32-35(46)43-38(44-36(32)48)42-24-45(4)5)23-51-40(26-13-11-10-12-14-26,27-15-19-29(49-6)20-16-27)28-17-21-30(50-7)22-18-28/h10-22,24-25,31,33-34,37,47H,23H2,1-9H3,(H,43,44,48)/b42-24+/t31?,33-,34-,37-/m1/s1. The quantitative estimate of drug-likeness (QED) is 0.0634. The number of nitrogens with zero attached hydrogens (tertiary/aromatic N) is 5. The van der Waals surface area contributed by atoms with Gasteiger partial charge in [0.1, 0.15) is 35.4 Å². The molecule has 1 unspecified atom stereocenters. The molecule has 54 heavy (non-hydrogen) atoms. The fraction of sp³-hybridized carbons (Fsp3) is 0.400. The Bertz CT molecular complexity index is 2060. The number of aliphatic hydroxyl groups excluding tert-OH is 1. The third kappa shape index (κ3) is 7.57. The van der Waals surface area contributed by atoms with E-state index < -0.39 is 44.0 Å². The summed E-state index contributed by atoms with van der Waals surface area (Å²) in [4.78, 5) is 30.9. The number of nitrogens with one attached hydrogen (secondary N) is 1. The van der Waals surface area contributed by atoms with Crippen LogP contribution in [-0.2, 0) is 19.5 Å². The van der Waals surface area contributed by atoms with Gasteiger partial charge < -0.3 is 33.4 Å². The Morgan fingerprint density at radius 3 is 2.06 bits per heavy atom. The number of hydrogen-bond donors (Lipinski definition) is 2. The lowest BCUT2D eigenvalue weighted by Gasteiger charge is -2.40. The van der Waals surface area contributed by atoms with E-state index in [1.165, 1.54) is 6.33 Å². The minimum atomic E-state index is -2.50. The van der Waals surface area contributed by atoms with Crippen LogP contribution in [0.2, 0.25) is 18.1 Å². The van der Waals surface area contributed by atoms with E-state index in [1.807, 2.05) is 93.0 Å². The third-order valence-corrected chi connectivity index (χ3v) is 14.8. The van der Waals surface area contributed by atoms with Crippen LogP contribution < -0.4 is 15.0 Å². The van der Waals surface area contributed by atoms with E-state index in [0.717, 1.165) is 16.7 Å². The highest BCUT2D eigenvalue weighted by atomic mass is 28.4. The average Bonchev–Trinajstić information content (AvgIpc) is 3.71. The summed E-state index contributed by atoms with van der Waals surface area (Å²) in [5.41, 5.74) is 1.32. The first kappa shape index (κ1) is 38.8. The van der Waals surface area contributed by atoms with Crippen molar-refractivity contribution in [1.29, 1.82) is 0 Å². The number of hydrogen-bond acceptors (Lipinski definition) is 10. The molecule has 0 amide bonds. The average molecular weight is 755 g/mol. The molecule has 1 saturated heterocycles. The molecule has 3 aromatic carbocycles. The molecular formula is C40H50N6O7Si. The van der Waals surface area contributed by atoms with Crippen LogP contribution in [0.15, 0.2) is 95.0 Å². The maximum Gasteiger partial charge on any atom is 0.280 e. The molecule has 0 aliphatic carbocycles. The minimum absolute atomic E-state index is 0.0407. The Morgan fingerprint density at radius 1 is 0.944 bits per heavy atom. The summed E-state index contributed by atoms with van der Waals surface area (Å²) >= 11 is 0. The van der Waals surface area contributed by atoms with Gasteiger partial charge >= 0.3 is 0 Å². The molecule has 3 heterocycles. The fourth-order valence-corrected chi connectivity index (χ4v) is 7.63. The van der Waals surface area contributed by atoms with Crippen LogP contribution in [0.1, 0.15) is 43.7 Å². The van der Waals surface area contributed by atoms with Crippen molar-refractivity contribution in [2.45, 2.75) is 69.0 Å². The van der Waals surface area contributed by atoms with E-state index in [2.05, 4.69) is 53.8 Å². The lowest BCUT2D eigenvalue weighted by molar-refractivity contribution is -0.0940. The second-order valence-electron chi connectivity index (χ2n) is 15.1. The smallest absolute Gasteiger partial charge is 0.280 e. The number of benzene rings is 3. The Labute approximate surface area is 316 Å². The van der Waals surface area contributed by atoms with Crippen LogP contribution in [0.3, 0.4) is 0 Å². The summed E-state index contributed by atoms with van der Waals surface area (Å²) in [5.74, 6) is 1.51. The summed E-state index contributed by atoms with van der Waals surface area (Å²) < 4.78 is 33.5. The van der Waals surface area contributed by atoms with E-state index in [1.54, 1.807) is 30.0 Å². The van der Waals surface area contributed by atoms with Gasteiger partial charge in [0.15, 0.2) is 25.7 Å². The summed E-state index contributed by atoms with van der Waals surface area (Å²) in [5, 5.41) is 12.0. The zero-order valence-electron chi connectivity index (χ0n) is 32.3. The maximum absolute atomic E-state index is 13.1. The van der Waals surface area contributed by atoms with Gasteiger partial charge in [-0.05, 0) is 59.1 Å². The van der Waals surface area contributed by atoms with Crippen LogP contribution in [0.25, 0.3) is 11.2 Å². The fourth-order valence-electron chi connectivity index (χ4n) is 6.34. The summed E-state index contributed by atoms with van der Waals surface area (Å²) in [7, 11) is 4.39. The molecule has 14 heteroatoms. The number of aliphatic hydroxyl groups is 1. The van der Waals surface area contributed by atoms with Gasteiger partial charge in [0, 0.05) is 14.1 Å². The minimum Gasteiger partial charge on any atom is -0.497 e. The summed E-state index contributed by atoms with van der Waals surface area (Å²) in [6.07, 6.45) is -0.703. The van der Waals surface area contributed by atoms with Gasteiger partial charge in [0.25, 0.3) is 5.56 Å². The van der Waals surface area contributed by atoms with Crippen LogP contribution >= 0.6 is 0 Å². The van der Waals surface area contributed by atoms with E-state index in [9.17, 15) is 9.90 Å². The van der Waals surface area contributed by atoms with E-state index in [4.69, 9.17) is 23.4 Å². The number of rotatable bonds is 13. The number of aromatic amines is 1. The van der Waals surface area contributed by atoms with Crippen molar-refractivity contribution in [2.75, 3.05) is 34.9 Å². The molecule has 0 spiro atoms. The van der Waals surface area contributed by atoms with Crippen molar-refractivity contribution in [2.24, 2.45) is 4.99 Å². The molecule has 1 aliphatic heterocycles. The first-order valence-corrected chi connectivity index (χ1v) is 20.8. The summed E-state index contributed by atoms with van der Waals surface area (Å²) in [6, 6.07) is 25.4. The van der Waals surface area contributed by atoms with Crippen molar-refractivity contribution in [3.05, 3.63) is 112 Å². The van der Waals surface area contributed by atoms with Gasteiger partial charge in [-0.25, -0.2) is 9.98 Å². The molecule has 13 nitrogen and oxygen atoms in total. The lowest BCUT2D eigenvalue weighted by Crippen LogP contribution is -2.49. The normalized spacial score (nSPS) is 19.4. The van der Waals surface area contributed by atoms with E-state index in [0.29, 0.717) is 11.5 Å². The van der Waals surface area contributed by atoms with Gasteiger partial charge in [-0.3, -0.25) is 14.3 Å². The first-order chi connectivity index (χ1) is 25.7. The molecule has 2 aromatic heterocycles. The van der Waals surface area contributed by atoms with Crippen molar-refractivity contribution in [1.82, 2.24) is 24.4 Å². The Morgan fingerprint density at radius 2 is 1.52 bits per heavy atom. The number of methoxy groups -OCH3 is 2. The molecule has 1 fully saturated rings. The highest BCUT2D eigenvalue weighted by molar-refractivity contribution is 6.74. The molecular weight excluding hydrogens is 705 g/mol. The van der Waals surface area contributed by atoms with Crippen molar-refractivity contribution < 1.29 is 28.5 Å². The first-order valence-electron chi connectivity index (χ1n) is 17.9. The topological polar surface area (TPSA) is 146 Å². The number of aliphatic imine (C=N–C) groups is 1. The molecule has 0 saturated carbocycles. The molecule has 2 N–H and O–H groups in total. The van der Waals surface area contributed by atoms with Gasteiger partial charge in [-0.1, -0.05) is 75.4 Å². The molecule has 6 rings (SSSR count). The predicted octanol–water partition coefficient (Wildman–Crippen LogP) is 6.02. The predicted molar refractivity (Wildman–Crippen MR) is 210 cm³/mol. The van der Waals surface area contributed by atoms with Gasteiger partial charge in [0.2, 0.25) is 5.95 Å². The molecule has 286 valence electrons. The molecule has 4 atom stereocenters. The van der Waals surface area contributed by atoms with Crippen LogP contribution in [0.4, 0.5) is 5.95 Å². The zero-order valence-corrected chi connectivity index (χ0v) is 33.3. The van der Waals surface area contributed by atoms with Gasteiger partial charge in [-0.2, -0.15) is 4.98 Å². The van der Waals surface area contributed by atoms with Crippen LogP contribution in [0.5, 0.6) is 11.5 Å². The lowest BCUT2D eigenvalue weighted by atomic mass is 9.80. The van der Waals surface area contributed by atoms with Crippen molar-refractivity contribution >= 4 is 31.8 Å². The molecule has 0 radical (unpaired) electrons. The van der Waals surface area contributed by atoms with E-state index >= 15 is 0 Å². The van der Waals surface area contributed by atoms with Crippen LogP contribution in [0, 0.1) is 0 Å². The summed E-state index contributed by atoms with van der Waals surface area (Å²) in [6.45, 7) is 10.6. The monoisotopic (exact) mass is 754 g/mol. The Kier molecular flexibility index (Phi) is 11.1. The maximum atomic E-state index is 13.1. The molecule has 0 bridgehead atoms. The third-order valence-electron chi connectivity index (χ3n) is 10.3. The van der Waals surface area contributed by atoms with Gasteiger partial charge in [-0.15, -0.1) is 0 Å². The number of H-pyrrole nitrogens is 1. The van der Waals surface area contributed by atoms with Gasteiger partial charge in [0.05, 0.1) is 33.5 Å². The number of fused-ring (bicyclic) bond motifs is 1. The van der Waals surface area contributed by atoms with Crippen molar-refractivity contribution in [3.63, 3.8) is 0 Å². The van der Waals surface area contributed by atoms with Crippen molar-refractivity contribution in [3.8, 4) is 11.5 Å². The second-order valence-corrected chi connectivity index (χ2v) is 19.9. The highest BCUT2D eigenvalue weighted by Crippen LogP contribution is 2.45. The second kappa shape index (κ2) is 15.5. The number of ether oxygens (including phenoxy) is 4. The SMILES string of the molecule is COc1ccc(C(OCC2O[C@@H](n3cnc4c(=O)[nH]c(/N=C/N(C)C)nc43)[C@H](O[Si](C)(C)C(C)(C)C)[C@@H]2O)(c2ccccc2)c2ccc(OC)cc2)cc1. The van der Waals surface area contributed by atoms with E-state index in [-0.39, 0.29) is 28.8 Å². The number of aromatic nitrogens is 4. The highest BCUT2D eigenvalue weighted by Gasteiger charge is 2.52. The Balaban J connectivity index is 1.45. The zero-order chi connectivity index (χ0) is 38.8.